The van der Waals surface area contributed by atoms with E-state index in [2.05, 4.69) is 0 Å². The first kappa shape index (κ1) is 8.38. The molecule has 2 rings (SSSR count). The molecule has 0 spiro atoms. The second-order valence-electron chi connectivity index (χ2n) is 2.91. The molecular weight excluding hydrogens is 182 g/mol. The Kier molecular flexibility index (Phi) is 1.58. The number of nitriles is 1. The Hall–Kier alpha value is -2.22. The van der Waals surface area contributed by atoms with E-state index in [-0.39, 0.29) is 11.3 Å². The van der Waals surface area contributed by atoms with Crippen molar-refractivity contribution in [1.82, 2.24) is 4.57 Å². The standard InChI is InChI=1S/C9H7N3O2/c1-12-6-3-2-5(4-10)7(11)8(6)14-9(12)13/h2-3H,11H2,1H3. The molecule has 5 nitrogen and oxygen atoms in total. The molecule has 0 fully saturated rings. The maximum absolute atomic E-state index is 11.1. The summed E-state index contributed by atoms with van der Waals surface area (Å²) in [7, 11) is 1.58. The molecule has 70 valence electrons. The fourth-order valence-corrected chi connectivity index (χ4v) is 1.31. The van der Waals surface area contributed by atoms with Crippen molar-refractivity contribution < 1.29 is 4.42 Å². The monoisotopic (exact) mass is 189 g/mol. The van der Waals surface area contributed by atoms with Crippen LogP contribution in [0.4, 0.5) is 5.69 Å². The Bertz CT molecular complexity index is 601. The van der Waals surface area contributed by atoms with Crippen LogP contribution in [0, 0.1) is 11.3 Å². The minimum absolute atomic E-state index is 0.211. The van der Waals surface area contributed by atoms with Crippen LogP contribution in [0.2, 0.25) is 0 Å². The molecule has 2 aromatic rings. The molecule has 1 aromatic carbocycles. The molecule has 0 saturated carbocycles. The first-order valence-corrected chi connectivity index (χ1v) is 3.93. The Morgan fingerprint density at radius 1 is 1.57 bits per heavy atom. The van der Waals surface area contributed by atoms with Gasteiger partial charge in [0.25, 0.3) is 0 Å². The highest BCUT2D eigenvalue weighted by Crippen LogP contribution is 2.22. The SMILES string of the molecule is Cn1c(=O)oc2c(N)c(C#N)ccc21. The fraction of sp³-hybridized carbons (Fsp3) is 0.111. The van der Waals surface area contributed by atoms with E-state index in [1.807, 2.05) is 6.07 Å². The normalized spacial score (nSPS) is 10.3. The molecule has 14 heavy (non-hydrogen) atoms. The molecule has 5 heteroatoms. The molecule has 0 atom stereocenters. The average Bonchev–Trinajstić information content (AvgIpc) is 2.46. The zero-order chi connectivity index (χ0) is 10.3. The van der Waals surface area contributed by atoms with Gasteiger partial charge in [-0.1, -0.05) is 0 Å². The summed E-state index contributed by atoms with van der Waals surface area (Å²) in [5, 5.41) is 8.70. The van der Waals surface area contributed by atoms with Crippen LogP contribution in [-0.4, -0.2) is 4.57 Å². The summed E-state index contributed by atoms with van der Waals surface area (Å²) in [4.78, 5) is 11.1. The van der Waals surface area contributed by atoms with Crippen molar-refractivity contribution in [3.05, 3.63) is 28.2 Å². The van der Waals surface area contributed by atoms with Crippen molar-refractivity contribution in [2.75, 3.05) is 5.73 Å². The van der Waals surface area contributed by atoms with Gasteiger partial charge in [0.1, 0.15) is 6.07 Å². The lowest BCUT2D eigenvalue weighted by molar-refractivity contribution is 0.529. The third-order valence-electron chi connectivity index (χ3n) is 2.12. The van der Waals surface area contributed by atoms with Gasteiger partial charge in [-0.05, 0) is 12.1 Å². The molecule has 1 aromatic heterocycles. The van der Waals surface area contributed by atoms with Crippen molar-refractivity contribution >= 4 is 16.8 Å². The quantitative estimate of drug-likeness (QED) is 0.614. The van der Waals surface area contributed by atoms with Crippen LogP contribution in [0.3, 0.4) is 0 Å². The molecule has 0 aliphatic heterocycles. The van der Waals surface area contributed by atoms with Crippen LogP contribution >= 0.6 is 0 Å². The van der Waals surface area contributed by atoms with Crippen LogP contribution in [-0.2, 0) is 7.05 Å². The number of aryl methyl sites for hydroxylation is 1. The second-order valence-corrected chi connectivity index (χ2v) is 2.91. The molecule has 0 aliphatic carbocycles. The lowest BCUT2D eigenvalue weighted by atomic mass is 10.2. The van der Waals surface area contributed by atoms with Gasteiger partial charge in [0, 0.05) is 7.05 Å². The Morgan fingerprint density at radius 3 is 2.93 bits per heavy atom. The van der Waals surface area contributed by atoms with E-state index in [4.69, 9.17) is 15.4 Å². The molecule has 2 N–H and O–H groups in total. The first-order valence-electron chi connectivity index (χ1n) is 3.93. The number of aromatic nitrogens is 1. The van der Waals surface area contributed by atoms with Gasteiger partial charge in [0.05, 0.1) is 16.8 Å². The average molecular weight is 189 g/mol. The van der Waals surface area contributed by atoms with E-state index < -0.39 is 5.76 Å². The van der Waals surface area contributed by atoms with Gasteiger partial charge in [-0.25, -0.2) is 4.79 Å². The maximum Gasteiger partial charge on any atom is 0.419 e. The number of nitrogen functional groups attached to an aromatic ring is 1. The number of hydrogen-bond donors (Lipinski definition) is 1. The van der Waals surface area contributed by atoms with Gasteiger partial charge >= 0.3 is 5.76 Å². The van der Waals surface area contributed by atoms with Gasteiger partial charge < -0.3 is 10.2 Å². The van der Waals surface area contributed by atoms with E-state index in [1.54, 1.807) is 19.2 Å². The van der Waals surface area contributed by atoms with Crippen molar-refractivity contribution in [2.45, 2.75) is 0 Å². The summed E-state index contributed by atoms with van der Waals surface area (Å²) < 4.78 is 6.24. The molecule has 0 radical (unpaired) electrons. The van der Waals surface area contributed by atoms with Crippen LogP contribution in [0.1, 0.15) is 5.56 Å². The summed E-state index contributed by atoms with van der Waals surface area (Å²) in [6.07, 6.45) is 0. The van der Waals surface area contributed by atoms with Crippen LogP contribution in [0.15, 0.2) is 21.3 Å². The number of anilines is 1. The fourth-order valence-electron chi connectivity index (χ4n) is 1.31. The van der Waals surface area contributed by atoms with E-state index in [1.165, 1.54) is 4.57 Å². The molecular formula is C9H7N3O2. The summed E-state index contributed by atoms with van der Waals surface area (Å²) >= 11 is 0. The summed E-state index contributed by atoms with van der Waals surface area (Å²) in [5.41, 5.74) is 7.03. The first-order chi connectivity index (χ1) is 6.65. The number of rotatable bonds is 0. The number of nitrogens with two attached hydrogens (primary N) is 1. The molecule has 0 aliphatic rings. The third-order valence-corrected chi connectivity index (χ3v) is 2.12. The van der Waals surface area contributed by atoms with Gasteiger partial charge in [-0.15, -0.1) is 0 Å². The predicted octanol–water partition coefficient (Wildman–Crippen LogP) is 0.585. The van der Waals surface area contributed by atoms with Crippen molar-refractivity contribution in [2.24, 2.45) is 7.05 Å². The maximum atomic E-state index is 11.1. The van der Waals surface area contributed by atoms with Crippen molar-refractivity contribution in [3.63, 3.8) is 0 Å². The van der Waals surface area contributed by atoms with Crippen molar-refractivity contribution in [1.29, 1.82) is 5.26 Å². The zero-order valence-corrected chi connectivity index (χ0v) is 7.44. The van der Waals surface area contributed by atoms with Crippen molar-refractivity contribution in [3.8, 4) is 6.07 Å². The minimum Gasteiger partial charge on any atom is -0.405 e. The summed E-state index contributed by atoms with van der Waals surface area (Å²) in [5.74, 6) is -0.484. The highest BCUT2D eigenvalue weighted by Gasteiger charge is 2.11. The molecule has 0 saturated heterocycles. The van der Waals surface area contributed by atoms with Crippen LogP contribution < -0.4 is 11.5 Å². The number of oxazole rings is 1. The Labute approximate surface area is 79.0 Å². The third kappa shape index (κ3) is 0.910. The van der Waals surface area contributed by atoms with Gasteiger partial charge in [-0.2, -0.15) is 5.26 Å². The van der Waals surface area contributed by atoms with Gasteiger partial charge in [0.15, 0.2) is 5.58 Å². The smallest absolute Gasteiger partial charge is 0.405 e. The molecule has 0 bridgehead atoms. The number of benzene rings is 1. The molecule has 0 unspecified atom stereocenters. The van der Waals surface area contributed by atoms with Crippen LogP contribution in [0.5, 0.6) is 0 Å². The topological polar surface area (TPSA) is 84.9 Å². The number of hydrogen-bond acceptors (Lipinski definition) is 4. The lowest BCUT2D eigenvalue weighted by Gasteiger charge is -1.96. The van der Waals surface area contributed by atoms with E-state index in [0.29, 0.717) is 11.1 Å². The molecule has 0 amide bonds. The number of fused-ring (bicyclic) bond motifs is 1. The van der Waals surface area contributed by atoms with Gasteiger partial charge in [-0.3, -0.25) is 4.57 Å². The van der Waals surface area contributed by atoms with E-state index in [0.717, 1.165) is 0 Å². The minimum atomic E-state index is -0.484. The van der Waals surface area contributed by atoms with E-state index >= 15 is 0 Å². The highest BCUT2D eigenvalue weighted by molar-refractivity contribution is 5.88. The lowest BCUT2D eigenvalue weighted by Crippen LogP contribution is -2.08. The Morgan fingerprint density at radius 2 is 2.29 bits per heavy atom. The zero-order valence-electron chi connectivity index (χ0n) is 7.44. The largest absolute Gasteiger partial charge is 0.419 e. The Balaban J connectivity index is 3.00. The molecule has 1 heterocycles. The summed E-state index contributed by atoms with van der Waals surface area (Å²) in [6.45, 7) is 0. The highest BCUT2D eigenvalue weighted by atomic mass is 16.4. The van der Waals surface area contributed by atoms with E-state index in [9.17, 15) is 4.79 Å². The second kappa shape index (κ2) is 2.64. The summed E-state index contributed by atoms with van der Waals surface area (Å²) in [6, 6.07) is 5.12. The van der Waals surface area contributed by atoms with Gasteiger partial charge in [0.2, 0.25) is 0 Å². The predicted molar refractivity (Wildman–Crippen MR) is 50.6 cm³/mol. The van der Waals surface area contributed by atoms with Crippen LogP contribution in [0.25, 0.3) is 11.1 Å². The number of nitrogens with zero attached hydrogens (tertiary/aromatic N) is 2.